The number of carbonyl (C=O) groups is 1. The molecular formula is C12H17N3O4. The molecule has 0 aliphatic rings. The standard InChI is InChI=1S/C12H17N3O4/c1-4-14(2)12(16)8-13-10-6-5-9(19-3)7-11(10)15(17)18/h5-7,13H,4,8H2,1-3H3. The highest BCUT2D eigenvalue weighted by molar-refractivity contribution is 5.81. The van der Waals surface area contributed by atoms with Gasteiger partial charge in [-0.1, -0.05) is 0 Å². The summed E-state index contributed by atoms with van der Waals surface area (Å²) in [5, 5.41) is 13.7. The van der Waals surface area contributed by atoms with Crippen molar-refractivity contribution in [1.82, 2.24) is 4.90 Å². The highest BCUT2D eigenvalue weighted by Crippen LogP contribution is 2.28. The Morgan fingerprint density at radius 3 is 2.74 bits per heavy atom. The van der Waals surface area contributed by atoms with E-state index in [1.807, 2.05) is 6.92 Å². The first-order chi connectivity index (χ1) is 8.99. The summed E-state index contributed by atoms with van der Waals surface area (Å²) in [7, 11) is 3.11. The Hall–Kier alpha value is -2.31. The van der Waals surface area contributed by atoms with Gasteiger partial charge >= 0.3 is 0 Å². The van der Waals surface area contributed by atoms with Crippen LogP contribution in [0.15, 0.2) is 18.2 Å². The number of nitrogens with one attached hydrogen (secondary N) is 1. The number of hydrogen-bond donors (Lipinski definition) is 1. The van der Waals surface area contributed by atoms with Crippen LogP contribution < -0.4 is 10.1 Å². The number of rotatable bonds is 6. The van der Waals surface area contributed by atoms with Crippen molar-refractivity contribution < 1.29 is 14.5 Å². The number of nitro benzene ring substituents is 1. The maximum Gasteiger partial charge on any atom is 0.296 e. The van der Waals surface area contributed by atoms with Gasteiger partial charge in [-0.3, -0.25) is 14.9 Å². The number of nitro groups is 1. The number of benzene rings is 1. The first-order valence-corrected chi connectivity index (χ1v) is 5.79. The van der Waals surface area contributed by atoms with Gasteiger partial charge in [-0.05, 0) is 19.1 Å². The number of methoxy groups -OCH3 is 1. The number of nitrogens with zero attached hydrogens (tertiary/aromatic N) is 2. The van der Waals surface area contributed by atoms with Crippen molar-refractivity contribution in [2.24, 2.45) is 0 Å². The van der Waals surface area contributed by atoms with Crippen LogP contribution in [-0.4, -0.2) is 43.0 Å². The van der Waals surface area contributed by atoms with E-state index in [0.29, 0.717) is 18.0 Å². The Labute approximate surface area is 111 Å². The smallest absolute Gasteiger partial charge is 0.296 e. The summed E-state index contributed by atoms with van der Waals surface area (Å²) in [6.07, 6.45) is 0. The molecule has 0 aliphatic carbocycles. The number of likely N-dealkylation sites (N-methyl/N-ethyl adjacent to an activating group) is 1. The molecule has 104 valence electrons. The van der Waals surface area contributed by atoms with Crippen molar-refractivity contribution in [3.63, 3.8) is 0 Å². The molecule has 1 aromatic rings. The van der Waals surface area contributed by atoms with Crippen molar-refractivity contribution in [3.05, 3.63) is 28.3 Å². The van der Waals surface area contributed by atoms with Crippen LogP contribution in [0.4, 0.5) is 11.4 Å². The Balaban J connectivity index is 2.83. The molecule has 1 amide bonds. The lowest BCUT2D eigenvalue weighted by Crippen LogP contribution is -2.31. The second-order valence-electron chi connectivity index (χ2n) is 3.90. The summed E-state index contributed by atoms with van der Waals surface area (Å²) in [5.74, 6) is 0.266. The van der Waals surface area contributed by atoms with Crippen LogP contribution >= 0.6 is 0 Å². The van der Waals surface area contributed by atoms with Crippen LogP contribution in [0.3, 0.4) is 0 Å². The van der Waals surface area contributed by atoms with Crippen molar-refractivity contribution in [1.29, 1.82) is 0 Å². The monoisotopic (exact) mass is 267 g/mol. The molecule has 0 unspecified atom stereocenters. The third kappa shape index (κ3) is 3.84. The highest BCUT2D eigenvalue weighted by atomic mass is 16.6. The van der Waals surface area contributed by atoms with Crippen molar-refractivity contribution in [3.8, 4) is 5.75 Å². The molecule has 1 N–H and O–H groups in total. The molecule has 0 atom stereocenters. The number of anilines is 1. The molecular weight excluding hydrogens is 250 g/mol. The summed E-state index contributed by atoms with van der Waals surface area (Å²) in [4.78, 5) is 23.6. The van der Waals surface area contributed by atoms with E-state index in [1.54, 1.807) is 13.1 Å². The first-order valence-electron chi connectivity index (χ1n) is 5.79. The SMILES string of the molecule is CCN(C)C(=O)CNc1ccc(OC)cc1[N+](=O)[O-]. The predicted octanol–water partition coefficient (Wildman–Crippen LogP) is 1.49. The number of amides is 1. The Morgan fingerprint density at radius 1 is 1.53 bits per heavy atom. The Kier molecular flexibility index (Phi) is 5.11. The van der Waals surface area contributed by atoms with Crippen LogP contribution in [0, 0.1) is 10.1 Å². The molecule has 0 aliphatic heterocycles. The third-order valence-corrected chi connectivity index (χ3v) is 2.73. The minimum absolute atomic E-state index is 0.0114. The van der Waals surface area contributed by atoms with Gasteiger partial charge in [0.25, 0.3) is 5.69 Å². The minimum Gasteiger partial charge on any atom is -0.496 e. The first kappa shape index (κ1) is 14.7. The number of carbonyl (C=O) groups excluding carboxylic acids is 1. The van der Waals surface area contributed by atoms with Gasteiger partial charge in [0.1, 0.15) is 11.4 Å². The lowest BCUT2D eigenvalue weighted by molar-refractivity contribution is -0.384. The molecule has 0 bridgehead atoms. The second kappa shape index (κ2) is 6.58. The van der Waals surface area contributed by atoms with Gasteiger partial charge in [0, 0.05) is 13.6 Å². The van der Waals surface area contributed by atoms with E-state index >= 15 is 0 Å². The zero-order chi connectivity index (χ0) is 14.4. The van der Waals surface area contributed by atoms with Gasteiger partial charge in [0.15, 0.2) is 0 Å². The van der Waals surface area contributed by atoms with Crippen molar-refractivity contribution in [2.75, 3.05) is 32.6 Å². The molecule has 1 rings (SSSR count). The van der Waals surface area contributed by atoms with Gasteiger partial charge in [-0.15, -0.1) is 0 Å². The summed E-state index contributed by atoms with van der Waals surface area (Å²) < 4.78 is 4.93. The van der Waals surface area contributed by atoms with E-state index in [1.165, 1.54) is 24.1 Å². The molecule has 0 radical (unpaired) electrons. The van der Waals surface area contributed by atoms with E-state index < -0.39 is 4.92 Å². The molecule has 0 saturated heterocycles. The topological polar surface area (TPSA) is 84.7 Å². The summed E-state index contributed by atoms with van der Waals surface area (Å²) in [6.45, 7) is 2.45. The summed E-state index contributed by atoms with van der Waals surface area (Å²) in [6, 6.07) is 4.44. The molecule has 0 saturated carbocycles. The van der Waals surface area contributed by atoms with E-state index in [0.717, 1.165) is 0 Å². The average Bonchev–Trinajstić information content (AvgIpc) is 2.43. The predicted molar refractivity (Wildman–Crippen MR) is 71.4 cm³/mol. The molecule has 0 heterocycles. The van der Waals surface area contributed by atoms with E-state index in [4.69, 9.17) is 4.74 Å². The maximum absolute atomic E-state index is 11.6. The van der Waals surface area contributed by atoms with Gasteiger partial charge in [-0.2, -0.15) is 0 Å². The lowest BCUT2D eigenvalue weighted by Gasteiger charge is -2.15. The largest absolute Gasteiger partial charge is 0.496 e. The van der Waals surface area contributed by atoms with Crippen LogP contribution in [0.2, 0.25) is 0 Å². The molecule has 7 heteroatoms. The molecule has 0 fully saturated rings. The lowest BCUT2D eigenvalue weighted by atomic mass is 10.2. The van der Waals surface area contributed by atoms with Gasteiger partial charge in [-0.25, -0.2) is 0 Å². The van der Waals surface area contributed by atoms with E-state index in [9.17, 15) is 14.9 Å². The van der Waals surface area contributed by atoms with Gasteiger partial charge in [0.2, 0.25) is 5.91 Å². The maximum atomic E-state index is 11.6. The molecule has 19 heavy (non-hydrogen) atoms. The van der Waals surface area contributed by atoms with Gasteiger partial charge in [0.05, 0.1) is 24.6 Å². The number of ether oxygens (including phenoxy) is 1. The van der Waals surface area contributed by atoms with Gasteiger partial charge < -0.3 is 15.0 Å². The number of hydrogen-bond acceptors (Lipinski definition) is 5. The third-order valence-electron chi connectivity index (χ3n) is 2.73. The van der Waals surface area contributed by atoms with Crippen molar-refractivity contribution in [2.45, 2.75) is 6.92 Å². The fourth-order valence-electron chi connectivity index (χ4n) is 1.42. The van der Waals surface area contributed by atoms with Crippen LogP contribution in [0.1, 0.15) is 6.92 Å². The zero-order valence-electron chi connectivity index (χ0n) is 11.2. The highest BCUT2D eigenvalue weighted by Gasteiger charge is 2.16. The van der Waals surface area contributed by atoms with E-state index in [2.05, 4.69) is 5.32 Å². The molecule has 0 spiro atoms. The Morgan fingerprint density at radius 2 is 2.21 bits per heavy atom. The fourth-order valence-corrected chi connectivity index (χ4v) is 1.42. The normalized spacial score (nSPS) is 9.84. The second-order valence-corrected chi connectivity index (χ2v) is 3.90. The van der Waals surface area contributed by atoms with E-state index in [-0.39, 0.29) is 18.1 Å². The average molecular weight is 267 g/mol. The van der Waals surface area contributed by atoms with Crippen LogP contribution in [0.25, 0.3) is 0 Å². The molecule has 0 aromatic heterocycles. The van der Waals surface area contributed by atoms with Crippen LogP contribution in [-0.2, 0) is 4.79 Å². The quantitative estimate of drug-likeness (QED) is 0.623. The molecule has 7 nitrogen and oxygen atoms in total. The van der Waals surface area contributed by atoms with Crippen LogP contribution in [0.5, 0.6) is 5.75 Å². The minimum atomic E-state index is -0.515. The zero-order valence-corrected chi connectivity index (χ0v) is 11.2. The van der Waals surface area contributed by atoms with Crippen molar-refractivity contribution >= 4 is 17.3 Å². The molecule has 1 aromatic carbocycles. The Bertz CT molecular complexity index is 476. The fraction of sp³-hybridized carbons (Fsp3) is 0.417. The summed E-state index contributed by atoms with van der Waals surface area (Å²) in [5.41, 5.74) is 0.176. The summed E-state index contributed by atoms with van der Waals surface area (Å²) >= 11 is 0.